The minimum absolute atomic E-state index is 0.280. The molecule has 1 atom stereocenters. The molecule has 2 heteroatoms. The Bertz CT molecular complexity index is 384. The van der Waals surface area contributed by atoms with E-state index >= 15 is 0 Å². The maximum Gasteiger partial charge on any atom is 0.129 e. The van der Waals surface area contributed by atoms with E-state index in [2.05, 4.69) is 0 Å². The van der Waals surface area contributed by atoms with Crippen molar-refractivity contribution in [2.24, 2.45) is 5.92 Å². The summed E-state index contributed by atoms with van der Waals surface area (Å²) in [7, 11) is 0. The molecule has 0 aliphatic heterocycles. The second-order valence-corrected chi connectivity index (χ2v) is 5.57. The first-order valence-electron chi connectivity index (χ1n) is 7.13. The molecule has 1 aromatic carbocycles. The van der Waals surface area contributed by atoms with Crippen LogP contribution in [-0.2, 0) is 5.60 Å². The first-order chi connectivity index (χ1) is 8.65. The summed E-state index contributed by atoms with van der Waals surface area (Å²) in [6.07, 6.45) is 7.44. The van der Waals surface area contributed by atoms with Gasteiger partial charge in [0.05, 0.1) is 5.60 Å². The number of hydrogen-bond donors (Lipinski definition) is 1. The van der Waals surface area contributed by atoms with Gasteiger partial charge in [-0.15, -0.1) is 0 Å². The van der Waals surface area contributed by atoms with E-state index in [1.807, 2.05) is 6.92 Å². The highest BCUT2D eigenvalue weighted by Crippen LogP contribution is 2.38. The van der Waals surface area contributed by atoms with Gasteiger partial charge in [0, 0.05) is 5.56 Å². The summed E-state index contributed by atoms with van der Waals surface area (Å²) in [6, 6.07) is 6.65. The highest BCUT2D eigenvalue weighted by Gasteiger charge is 2.33. The highest BCUT2D eigenvalue weighted by molar-refractivity contribution is 5.24. The van der Waals surface area contributed by atoms with E-state index in [-0.39, 0.29) is 5.82 Å². The number of hydrogen-bond acceptors (Lipinski definition) is 1. The summed E-state index contributed by atoms with van der Waals surface area (Å²) in [5.74, 6) is 0.265. The molecule has 0 bridgehead atoms. The second kappa shape index (κ2) is 5.83. The third-order valence-corrected chi connectivity index (χ3v) is 4.31. The van der Waals surface area contributed by atoms with Gasteiger partial charge in [0.25, 0.3) is 0 Å². The molecule has 1 aliphatic rings. The SMILES string of the molecule is CCC(O)(CC1CCCCC1)c1ccccc1F. The first-order valence-corrected chi connectivity index (χ1v) is 7.13. The maximum absolute atomic E-state index is 13.9. The Morgan fingerprint density at radius 3 is 2.50 bits per heavy atom. The van der Waals surface area contributed by atoms with Gasteiger partial charge >= 0.3 is 0 Å². The number of benzene rings is 1. The summed E-state index contributed by atoms with van der Waals surface area (Å²) in [6.45, 7) is 1.94. The van der Waals surface area contributed by atoms with Crippen LogP contribution >= 0.6 is 0 Å². The third-order valence-electron chi connectivity index (χ3n) is 4.31. The van der Waals surface area contributed by atoms with Crippen LogP contribution in [0.25, 0.3) is 0 Å². The fourth-order valence-electron chi connectivity index (χ4n) is 3.15. The van der Waals surface area contributed by atoms with Crippen LogP contribution in [0.2, 0.25) is 0 Å². The van der Waals surface area contributed by atoms with Crippen LogP contribution in [0.4, 0.5) is 4.39 Å². The predicted octanol–water partition coefficient (Wildman–Crippen LogP) is 4.39. The average molecular weight is 250 g/mol. The van der Waals surface area contributed by atoms with Gasteiger partial charge in [0.15, 0.2) is 0 Å². The lowest BCUT2D eigenvalue weighted by Gasteiger charge is -2.33. The largest absolute Gasteiger partial charge is 0.385 e. The molecule has 0 amide bonds. The first kappa shape index (κ1) is 13.5. The minimum Gasteiger partial charge on any atom is -0.385 e. The Balaban J connectivity index is 2.16. The van der Waals surface area contributed by atoms with E-state index in [0.29, 0.717) is 24.3 Å². The van der Waals surface area contributed by atoms with Gasteiger partial charge in [0.2, 0.25) is 0 Å². The van der Waals surface area contributed by atoms with E-state index in [0.717, 1.165) is 0 Å². The van der Waals surface area contributed by atoms with Gasteiger partial charge in [0.1, 0.15) is 5.82 Å². The smallest absolute Gasteiger partial charge is 0.129 e. The third kappa shape index (κ3) is 2.92. The Kier molecular flexibility index (Phi) is 4.39. The van der Waals surface area contributed by atoms with Crippen LogP contribution < -0.4 is 0 Å². The Hall–Kier alpha value is -0.890. The molecule has 1 aliphatic carbocycles. The molecule has 0 radical (unpaired) electrons. The number of halogens is 1. The Labute approximate surface area is 109 Å². The van der Waals surface area contributed by atoms with Crippen molar-refractivity contribution in [1.29, 1.82) is 0 Å². The fraction of sp³-hybridized carbons (Fsp3) is 0.625. The summed E-state index contributed by atoms with van der Waals surface area (Å²) < 4.78 is 13.9. The standard InChI is InChI=1S/C16H23FO/c1-2-16(18,12-13-8-4-3-5-9-13)14-10-6-7-11-15(14)17/h6-7,10-11,13,18H,2-5,8-9,12H2,1H3. The topological polar surface area (TPSA) is 20.2 Å². The molecule has 100 valence electrons. The van der Waals surface area contributed by atoms with Crippen molar-refractivity contribution < 1.29 is 9.50 Å². The summed E-state index contributed by atoms with van der Waals surface area (Å²) >= 11 is 0. The average Bonchev–Trinajstić information content (AvgIpc) is 2.40. The molecule has 1 N–H and O–H groups in total. The summed E-state index contributed by atoms with van der Waals surface area (Å²) in [5, 5.41) is 10.8. The Morgan fingerprint density at radius 2 is 1.89 bits per heavy atom. The molecule has 1 aromatic rings. The minimum atomic E-state index is -0.993. The highest BCUT2D eigenvalue weighted by atomic mass is 19.1. The van der Waals surface area contributed by atoms with Gasteiger partial charge in [-0.2, -0.15) is 0 Å². The molecule has 18 heavy (non-hydrogen) atoms. The summed E-state index contributed by atoms with van der Waals surface area (Å²) in [4.78, 5) is 0. The second-order valence-electron chi connectivity index (χ2n) is 5.57. The van der Waals surface area contributed by atoms with E-state index in [1.54, 1.807) is 18.2 Å². The maximum atomic E-state index is 13.9. The molecule has 0 aromatic heterocycles. The van der Waals surface area contributed by atoms with Crippen molar-refractivity contribution in [3.8, 4) is 0 Å². The van der Waals surface area contributed by atoms with E-state index < -0.39 is 5.60 Å². The van der Waals surface area contributed by atoms with Crippen LogP contribution in [0.15, 0.2) is 24.3 Å². The Morgan fingerprint density at radius 1 is 1.22 bits per heavy atom. The quantitative estimate of drug-likeness (QED) is 0.840. The van der Waals surface area contributed by atoms with Crippen LogP contribution in [0.1, 0.15) is 57.4 Å². The summed E-state index contributed by atoms with van der Waals surface area (Å²) in [5.41, 5.74) is -0.522. The van der Waals surface area contributed by atoms with E-state index in [1.165, 1.54) is 38.2 Å². The zero-order valence-electron chi connectivity index (χ0n) is 11.2. The van der Waals surface area contributed by atoms with Gasteiger partial charge in [-0.1, -0.05) is 57.2 Å². The number of aliphatic hydroxyl groups is 1. The molecule has 0 spiro atoms. The van der Waals surface area contributed by atoms with Crippen molar-refractivity contribution in [1.82, 2.24) is 0 Å². The van der Waals surface area contributed by atoms with Crippen LogP contribution in [0, 0.1) is 11.7 Å². The van der Waals surface area contributed by atoms with Crippen LogP contribution in [0.3, 0.4) is 0 Å². The molecule has 1 saturated carbocycles. The van der Waals surface area contributed by atoms with Gasteiger partial charge in [-0.3, -0.25) is 0 Å². The normalized spacial score (nSPS) is 20.6. The van der Waals surface area contributed by atoms with Gasteiger partial charge in [-0.25, -0.2) is 4.39 Å². The predicted molar refractivity (Wildman–Crippen MR) is 71.8 cm³/mol. The lowest BCUT2D eigenvalue weighted by Crippen LogP contribution is -2.30. The van der Waals surface area contributed by atoms with Crippen molar-refractivity contribution in [2.75, 3.05) is 0 Å². The van der Waals surface area contributed by atoms with Crippen molar-refractivity contribution in [2.45, 2.75) is 57.5 Å². The van der Waals surface area contributed by atoms with Gasteiger partial charge in [-0.05, 0) is 24.8 Å². The van der Waals surface area contributed by atoms with E-state index in [4.69, 9.17) is 0 Å². The van der Waals surface area contributed by atoms with Crippen molar-refractivity contribution in [3.63, 3.8) is 0 Å². The lowest BCUT2D eigenvalue weighted by atomic mass is 9.77. The fourth-order valence-corrected chi connectivity index (χ4v) is 3.15. The molecule has 1 fully saturated rings. The van der Waals surface area contributed by atoms with Crippen LogP contribution in [0.5, 0.6) is 0 Å². The molecular formula is C16H23FO. The van der Waals surface area contributed by atoms with Gasteiger partial charge < -0.3 is 5.11 Å². The van der Waals surface area contributed by atoms with Crippen LogP contribution in [-0.4, -0.2) is 5.11 Å². The number of rotatable bonds is 4. The molecule has 0 saturated heterocycles. The van der Waals surface area contributed by atoms with Crippen molar-refractivity contribution >= 4 is 0 Å². The monoisotopic (exact) mass is 250 g/mol. The zero-order valence-corrected chi connectivity index (χ0v) is 11.2. The lowest BCUT2D eigenvalue weighted by molar-refractivity contribution is -0.00141. The molecular weight excluding hydrogens is 227 g/mol. The van der Waals surface area contributed by atoms with E-state index in [9.17, 15) is 9.50 Å². The molecule has 2 rings (SSSR count). The zero-order chi connectivity index (χ0) is 13.0. The molecule has 0 heterocycles. The molecule has 1 unspecified atom stereocenters. The molecule has 1 nitrogen and oxygen atoms in total. The van der Waals surface area contributed by atoms with Crippen molar-refractivity contribution in [3.05, 3.63) is 35.6 Å².